The predicted molar refractivity (Wildman–Crippen MR) is 72.7 cm³/mol. The van der Waals surface area contributed by atoms with Gasteiger partial charge in [0.1, 0.15) is 11.5 Å². The van der Waals surface area contributed by atoms with Crippen LogP contribution in [0.15, 0.2) is 18.2 Å². The van der Waals surface area contributed by atoms with Crippen LogP contribution in [0, 0.1) is 11.8 Å². The van der Waals surface area contributed by atoms with Gasteiger partial charge in [0, 0.05) is 18.2 Å². The first-order valence-electron chi connectivity index (χ1n) is 6.33. The van der Waals surface area contributed by atoms with Gasteiger partial charge in [-0.1, -0.05) is 13.8 Å². The van der Waals surface area contributed by atoms with Gasteiger partial charge in [0.25, 0.3) is 5.91 Å². The zero-order chi connectivity index (χ0) is 15.3. The second-order valence-corrected chi connectivity index (χ2v) is 5.11. The predicted octanol–water partition coefficient (Wildman–Crippen LogP) is 1.57. The van der Waals surface area contributed by atoms with E-state index >= 15 is 0 Å². The maximum atomic E-state index is 11.8. The number of aromatic hydroxyl groups is 2. The molecular weight excluding hydrogens is 262 g/mol. The molecule has 0 bridgehead atoms. The van der Waals surface area contributed by atoms with Crippen molar-refractivity contribution in [2.75, 3.05) is 6.54 Å². The van der Waals surface area contributed by atoms with E-state index < -0.39 is 17.8 Å². The highest BCUT2D eigenvalue weighted by atomic mass is 16.4. The summed E-state index contributed by atoms with van der Waals surface area (Å²) in [6.07, 6.45) is 0.459. The molecule has 1 aromatic carbocycles. The van der Waals surface area contributed by atoms with Crippen LogP contribution in [0.5, 0.6) is 11.5 Å². The van der Waals surface area contributed by atoms with Crippen molar-refractivity contribution < 1.29 is 24.9 Å². The van der Waals surface area contributed by atoms with Crippen molar-refractivity contribution >= 4 is 11.9 Å². The number of rotatable bonds is 6. The van der Waals surface area contributed by atoms with Crippen LogP contribution < -0.4 is 5.32 Å². The van der Waals surface area contributed by atoms with Crippen molar-refractivity contribution in [3.8, 4) is 11.5 Å². The molecule has 4 N–H and O–H groups in total. The maximum Gasteiger partial charge on any atom is 0.308 e. The third-order valence-corrected chi connectivity index (χ3v) is 2.78. The van der Waals surface area contributed by atoms with Crippen LogP contribution in [0.1, 0.15) is 30.6 Å². The molecule has 6 nitrogen and oxygen atoms in total. The molecule has 0 aliphatic carbocycles. The summed E-state index contributed by atoms with van der Waals surface area (Å²) >= 11 is 0. The second-order valence-electron chi connectivity index (χ2n) is 5.11. The molecule has 0 aliphatic heterocycles. The van der Waals surface area contributed by atoms with Gasteiger partial charge in [0.05, 0.1) is 5.92 Å². The third kappa shape index (κ3) is 4.79. The fraction of sp³-hybridized carbons (Fsp3) is 0.429. The Morgan fingerprint density at radius 3 is 2.15 bits per heavy atom. The molecule has 1 amide bonds. The van der Waals surface area contributed by atoms with E-state index in [1.54, 1.807) is 0 Å². The summed E-state index contributed by atoms with van der Waals surface area (Å²) in [6, 6.07) is 3.51. The first-order valence-corrected chi connectivity index (χ1v) is 6.33. The quantitative estimate of drug-likeness (QED) is 0.633. The summed E-state index contributed by atoms with van der Waals surface area (Å²) < 4.78 is 0. The minimum Gasteiger partial charge on any atom is -0.508 e. The van der Waals surface area contributed by atoms with Crippen LogP contribution >= 0.6 is 0 Å². The van der Waals surface area contributed by atoms with E-state index in [9.17, 15) is 19.8 Å². The third-order valence-electron chi connectivity index (χ3n) is 2.78. The van der Waals surface area contributed by atoms with Gasteiger partial charge in [0.15, 0.2) is 0 Å². The molecule has 20 heavy (non-hydrogen) atoms. The van der Waals surface area contributed by atoms with Crippen LogP contribution in [-0.2, 0) is 4.79 Å². The summed E-state index contributed by atoms with van der Waals surface area (Å²) in [5.41, 5.74) is 0.0798. The molecule has 0 fully saturated rings. The Bertz CT molecular complexity index is 478. The van der Waals surface area contributed by atoms with Gasteiger partial charge in [-0.2, -0.15) is 0 Å². The van der Waals surface area contributed by atoms with Gasteiger partial charge in [-0.3, -0.25) is 9.59 Å². The van der Waals surface area contributed by atoms with E-state index in [0.717, 1.165) is 6.07 Å². The number of hydrogen-bond donors (Lipinski definition) is 4. The maximum absolute atomic E-state index is 11.8. The van der Waals surface area contributed by atoms with Gasteiger partial charge < -0.3 is 20.6 Å². The van der Waals surface area contributed by atoms with Gasteiger partial charge in [-0.25, -0.2) is 0 Å². The Hall–Kier alpha value is -2.24. The lowest BCUT2D eigenvalue weighted by atomic mass is 9.97. The molecular formula is C14H19NO5. The Labute approximate surface area is 117 Å². The molecule has 0 radical (unpaired) electrons. The number of carboxylic acids is 1. The van der Waals surface area contributed by atoms with Crippen molar-refractivity contribution in [2.45, 2.75) is 20.3 Å². The molecule has 1 aromatic rings. The summed E-state index contributed by atoms with van der Waals surface area (Å²) in [4.78, 5) is 22.9. The largest absolute Gasteiger partial charge is 0.508 e. The van der Waals surface area contributed by atoms with Crippen molar-refractivity contribution in [3.05, 3.63) is 23.8 Å². The summed E-state index contributed by atoms with van der Waals surface area (Å²) in [7, 11) is 0. The lowest BCUT2D eigenvalue weighted by molar-refractivity contribution is -0.142. The monoisotopic (exact) mass is 281 g/mol. The fourth-order valence-corrected chi connectivity index (χ4v) is 1.88. The number of carbonyl (C=O) groups is 2. The highest BCUT2D eigenvalue weighted by molar-refractivity contribution is 5.95. The lowest BCUT2D eigenvalue weighted by Gasteiger charge is -2.15. The van der Waals surface area contributed by atoms with Crippen molar-refractivity contribution in [1.82, 2.24) is 5.32 Å². The van der Waals surface area contributed by atoms with Gasteiger partial charge in [0.2, 0.25) is 0 Å². The highest BCUT2D eigenvalue weighted by Gasteiger charge is 2.20. The average Bonchev–Trinajstić information content (AvgIpc) is 2.32. The average molecular weight is 281 g/mol. The number of carbonyl (C=O) groups excluding carboxylic acids is 1. The lowest BCUT2D eigenvalue weighted by Crippen LogP contribution is -2.33. The van der Waals surface area contributed by atoms with Crippen LogP contribution in [0.25, 0.3) is 0 Å². The number of nitrogens with one attached hydrogen (secondary N) is 1. The van der Waals surface area contributed by atoms with Crippen molar-refractivity contribution in [1.29, 1.82) is 0 Å². The zero-order valence-electron chi connectivity index (χ0n) is 11.5. The molecule has 0 aliphatic rings. The molecule has 0 aromatic heterocycles. The SMILES string of the molecule is CC(C)CC(CNC(=O)c1cc(O)cc(O)c1)C(=O)O. The van der Waals surface area contributed by atoms with Gasteiger partial charge in [-0.05, 0) is 24.5 Å². The normalized spacial score (nSPS) is 12.2. The van der Waals surface area contributed by atoms with Crippen LogP contribution in [0.4, 0.5) is 0 Å². The Kier molecular flexibility index (Phi) is 5.37. The van der Waals surface area contributed by atoms with Crippen molar-refractivity contribution in [3.63, 3.8) is 0 Å². The molecule has 1 rings (SSSR count). The summed E-state index contributed by atoms with van der Waals surface area (Å²) in [5.74, 6) is -2.41. The fourth-order valence-electron chi connectivity index (χ4n) is 1.88. The number of hydrogen-bond acceptors (Lipinski definition) is 4. The molecule has 0 heterocycles. The van der Waals surface area contributed by atoms with Gasteiger partial charge >= 0.3 is 5.97 Å². The van der Waals surface area contributed by atoms with Crippen LogP contribution in [0.2, 0.25) is 0 Å². The number of amides is 1. The smallest absolute Gasteiger partial charge is 0.308 e. The Morgan fingerprint density at radius 1 is 1.15 bits per heavy atom. The highest BCUT2D eigenvalue weighted by Crippen LogP contribution is 2.20. The minimum atomic E-state index is -0.960. The number of aliphatic carboxylic acids is 1. The van der Waals surface area contributed by atoms with E-state index in [2.05, 4.69) is 5.32 Å². The first-order chi connectivity index (χ1) is 9.29. The van der Waals surface area contributed by atoms with Crippen LogP contribution in [0.3, 0.4) is 0 Å². The number of carboxylic acid groups (broad SMARTS) is 1. The molecule has 0 saturated heterocycles. The number of phenols is 2. The van der Waals surface area contributed by atoms with E-state index in [1.165, 1.54) is 12.1 Å². The van der Waals surface area contributed by atoms with E-state index in [0.29, 0.717) is 6.42 Å². The summed E-state index contributed by atoms with van der Waals surface area (Å²) in [6.45, 7) is 3.82. The topological polar surface area (TPSA) is 107 Å². The summed E-state index contributed by atoms with van der Waals surface area (Å²) in [5, 5.41) is 30.1. The Morgan fingerprint density at radius 2 is 1.70 bits per heavy atom. The molecule has 0 spiro atoms. The molecule has 110 valence electrons. The van der Waals surface area contributed by atoms with E-state index in [-0.39, 0.29) is 29.5 Å². The molecule has 1 unspecified atom stereocenters. The number of phenolic OH excluding ortho intramolecular Hbond substituents is 2. The Balaban J connectivity index is 2.67. The molecule has 0 saturated carbocycles. The van der Waals surface area contributed by atoms with E-state index in [1.807, 2.05) is 13.8 Å². The minimum absolute atomic E-state index is 0.00274. The van der Waals surface area contributed by atoms with E-state index in [4.69, 9.17) is 5.11 Å². The van der Waals surface area contributed by atoms with Crippen molar-refractivity contribution in [2.24, 2.45) is 11.8 Å². The van der Waals surface area contributed by atoms with Gasteiger partial charge in [-0.15, -0.1) is 0 Å². The standard InChI is InChI=1S/C14H19NO5/c1-8(2)3-10(14(19)20)7-15-13(18)9-4-11(16)6-12(17)5-9/h4-6,8,10,16-17H,3,7H2,1-2H3,(H,15,18)(H,19,20). The first kappa shape index (κ1) is 15.8. The number of benzene rings is 1. The molecule has 6 heteroatoms. The zero-order valence-corrected chi connectivity index (χ0v) is 11.5. The van der Waals surface area contributed by atoms with Crippen LogP contribution in [-0.4, -0.2) is 33.7 Å². The second kappa shape index (κ2) is 6.79. The molecule has 1 atom stereocenters.